The Labute approximate surface area is 97.3 Å². The molecule has 1 aromatic rings. The van der Waals surface area contributed by atoms with Gasteiger partial charge in [0.15, 0.2) is 0 Å². The molecule has 1 nitrogen and oxygen atoms in total. The zero-order chi connectivity index (χ0) is 12.0. The number of hydrogen-bond acceptors (Lipinski definition) is 1. The Morgan fingerprint density at radius 2 is 1.94 bits per heavy atom. The van der Waals surface area contributed by atoms with E-state index in [0.29, 0.717) is 5.56 Å². The Morgan fingerprint density at radius 1 is 1.25 bits per heavy atom. The summed E-state index contributed by atoms with van der Waals surface area (Å²) in [4.78, 5) is 2.22. The highest BCUT2D eigenvalue weighted by molar-refractivity contribution is 5.36. The third kappa shape index (κ3) is 3.67. The van der Waals surface area contributed by atoms with Crippen LogP contribution in [0.2, 0.25) is 0 Å². The molecule has 0 aliphatic rings. The summed E-state index contributed by atoms with van der Waals surface area (Å²) in [5.41, 5.74) is 1.41. The minimum absolute atomic E-state index is 0.186. The van der Waals surface area contributed by atoms with Crippen LogP contribution in [0.1, 0.15) is 25.0 Å². The van der Waals surface area contributed by atoms with Gasteiger partial charge >= 0.3 is 0 Å². The Bertz CT molecular complexity index is 397. The molecule has 0 aromatic heterocycles. The van der Waals surface area contributed by atoms with Crippen molar-refractivity contribution in [3.05, 3.63) is 35.1 Å². The third-order valence-corrected chi connectivity index (χ3v) is 2.60. The van der Waals surface area contributed by atoms with E-state index in [1.54, 1.807) is 13.0 Å². The number of halogens is 1. The predicted molar refractivity (Wildman–Crippen MR) is 65.8 cm³/mol. The molecule has 0 aliphatic heterocycles. The van der Waals surface area contributed by atoms with Crippen molar-refractivity contribution in [1.29, 1.82) is 0 Å². The SMILES string of the molecule is CCN(CC)CC#Cc1ccc(C)c(F)c1. The molecule has 0 bridgehead atoms. The molecule has 1 rings (SSSR count). The van der Waals surface area contributed by atoms with E-state index in [-0.39, 0.29) is 5.82 Å². The van der Waals surface area contributed by atoms with Crippen LogP contribution in [0.5, 0.6) is 0 Å². The summed E-state index contributed by atoms with van der Waals surface area (Å²) in [5.74, 6) is 5.85. The van der Waals surface area contributed by atoms with E-state index in [0.717, 1.165) is 25.2 Å². The highest BCUT2D eigenvalue weighted by Gasteiger charge is 1.97. The van der Waals surface area contributed by atoms with Crippen LogP contribution in [-0.2, 0) is 0 Å². The molecular formula is C14H18FN. The second-order valence-corrected chi connectivity index (χ2v) is 3.73. The quantitative estimate of drug-likeness (QED) is 0.707. The molecule has 0 saturated carbocycles. The second kappa shape index (κ2) is 6.30. The summed E-state index contributed by atoms with van der Waals surface area (Å²) in [7, 11) is 0. The first kappa shape index (κ1) is 12.7. The number of benzene rings is 1. The Kier molecular flexibility index (Phi) is 5.01. The zero-order valence-corrected chi connectivity index (χ0v) is 10.2. The van der Waals surface area contributed by atoms with Gasteiger partial charge in [-0.15, -0.1) is 0 Å². The van der Waals surface area contributed by atoms with Crippen molar-refractivity contribution in [3.63, 3.8) is 0 Å². The van der Waals surface area contributed by atoms with Gasteiger partial charge in [-0.25, -0.2) is 4.39 Å². The molecule has 0 atom stereocenters. The first-order valence-corrected chi connectivity index (χ1v) is 5.64. The number of hydrogen-bond donors (Lipinski definition) is 0. The van der Waals surface area contributed by atoms with Crippen LogP contribution >= 0.6 is 0 Å². The molecule has 0 fully saturated rings. The molecule has 0 spiro atoms. The molecule has 1 aromatic carbocycles. The zero-order valence-electron chi connectivity index (χ0n) is 10.2. The van der Waals surface area contributed by atoms with Gasteiger partial charge in [0, 0.05) is 5.56 Å². The monoisotopic (exact) mass is 219 g/mol. The highest BCUT2D eigenvalue weighted by atomic mass is 19.1. The molecule has 0 amide bonds. The van der Waals surface area contributed by atoms with Crippen molar-refractivity contribution >= 4 is 0 Å². The van der Waals surface area contributed by atoms with Gasteiger partial charge in [-0.2, -0.15) is 0 Å². The largest absolute Gasteiger partial charge is 0.293 e. The average molecular weight is 219 g/mol. The average Bonchev–Trinajstić information content (AvgIpc) is 2.29. The Balaban J connectivity index is 2.66. The summed E-state index contributed by atoms with van der Waals surface area (Å²) < 4.78 is 13.2. The predicted octanol–water partition coefficient (Wildman–Crippen LogP) is 2.83. The van der Waals surface area contributed by atoms with Crippen molar-refractivity contribution in [3.8, 4) is 11.8 Å². The lowest BCUT2D eigenvalue weighted by Crippen LogP contribution is -2.22. The summed E-state index contributed by atoms with van der Waals surface area (Å²) >= 11 is 0. The van der Waals surface area contributed by atoms with Crippen LogP contribution in [0.25, 0.3) is 0 Å². The summed E-state index contributed by atoms with van der Waals surface area (Å²) in [6, 6.07) is 5.11. The van der Waals surface area contributed by atoms with Gasteiger partial charge in [0.2, 0.25) is 0 Å². The molecular weight excluding hydrogens is 201 g/mol. The summed E-state index contributed by atoms with van der Waals surface area (Å²) in [6.45, 7) is 8.69. The van der Waals surface area contributed by atoms with Crippen LogP contribution in [0.3, 0.4) is 0 Å². The number of rotatable bonds is 3. The first-order valence-electron chi connectivity index (χ1n) is 5.64. The smallest absolute Gasteiger partial charge is 0.127 e. The van der Waals surface area contributed by atoms with Crippen LogP contribution < -0.4 is 0 Å². The van der Waals surface area contributed by atoms with E-state index in [4.69, 9.17) is 0 Å². The van der Waals surface area contributed by atoms with E-state index in [1.807, 2.05) is 6.07 Å². The van der Waals surface area contributed by atoms with Crippen LogP contribution in [-0.4, -0.2) is 24.5 Å². The lowest BCUT2D eigenvalue weighted by Gasteiger charge is -2.13. The van der Waals surface area contributed by atoms with Crippen LogP contribution in [0.15, 0.2) is 18.2 Å². The molecule has 86 valence electrons. The molecule has 0 radical (unpaired) electrons. The molecule has 0 N–H and O–H groups in total. The van der Waals surface area contributed by atoms with E-state index < -0.39 is 0 Å². The van der Waals surface area contributed by atoms with Gasteiger partial charge in [0.25, 0.3) is 0 Å². The van der Waals surface area contributed by atoms with E-state index in [1.165, 1.54) is 6.07 Å². The molecule has 2 heteroatoms. The minimum Gasteiger partial charge on any atom is -0.293 e. The van der Waals surface area contributed by atoms with E-state index in [2.05, 4.69) is 30.6 Å². The fourth-order valence-electron chi connectivity index (χ4n) is 1.37. The van der Waals surface area contributed by atoms with Gasteiger partial charge in [-0.3, -0.25) is 4.90 Å². The highest BCUT2D eigenvalue weighted by Crippen LogP contribution is 2.07. The normalized spacial score (nSPS) is 10.1. The first-order chi connectivity index (χ1) is 7.67. The van der Waals surface area contributed by atoms with E-state index >= 15 is 0 Å². The molecule has 0 saturated heterocycles. The van der Waals surface area contributed by atoms with Gasteiger partial charge in [-0.1, -0.05) is 31.8 Å². The van der Waals surface area contributed by atoms with E-state index in [9.17, 15) is 4.39 Å². The molecule has 0 aliphatic carbocycles. The molecule has 0 heterocycles. The van der Waals surface area contributed by atoms with Crippen molar-refractivity contribution in [2.45, 2.75) is 20.8 Å². The maximum Gasteiger partial charge on any atom is 0.127 e. The topological polar surface area (TPSA) is 3.24 Å². The Hall–Kier alpha value is -1.33. The number of aryl methyl sites for hydroxylation is 1. The van der Waals surface area contributed by atoms with Gasteiger partial charge in [-0.05, 0) is 37.7 Å². The molecule has 0 unspecified atom stereocenters. The van der Waals surface area contributed by atoms with Crippen molar-refractivity contribution in [2.75, 3.05) is 19.6 Å². The molecule has 16 heavy (non-hydrogen) atoms. The van der Waals surface area contributed by atoms with Gasteiger partial charge in [0.1, 0.15) is 5.82 Å². The maximum atomic E-state index is 13.2. The lowest BCUT2D eigenvalue weighted by atomic mass is 10.1. The summed E-state index contributed by atoms with van der Waals surface area (Å²) in [5, 5.41) is 0. The lowest BCUT2D eigenvalue weighted by molar-refractivity contribution is 0.342. The third-order valence-electron chi connectivity index (χ3n) is 2.60. The van der Waals surface area contributed by atoms with Crippen LogP contribution in [0, 0.1) is 24.6 Å². The van der Waals surface area contributed by atoms with Crippen molar-refractivity contribution in [2.24, 2.45) is 0 Å². The standard InChI is InChI=1S/C14H18FN/c1-4-16(5-2)10-6-7-13-9-8-12(3)14(15)11-13/h8-9,11H,4-5,10H2,1-3H3. The van der Waals surface area contributed by atoms with Crippen molar-refractivity contribution < 1.29 is 4.39 Å². The van der Waals surface area contributed by atoms with Crippen molar-refractivity contribution in [1.82, 2.24) is 4.90 Å². The summed E-state index contributed by atoms with van der Waals surface area (Å²) in [6.07, 6.45) is 0. The van der Waals surface area contributed by atoms with Gasteiger partial charge < -0.3 is 0 Å². The van der Waals surface area contributed by atoms with Crippen LogP contribution in [0.4, 0.5) is 4.39 Å². The Morgan fingerprint density at radius 3 is 2.50 bits per heavy atom. The minimum atomic E-state index is -0.186. The fraction of sp³-hybridized carbons (Fsp3) is 0.429. The number of nitrogens with zero attached hydrogens (tertiary/aromatic N) is 1. The second-order valence-electron chi connectivity index (χ2n) is 3.73. The maximum absolute atomic E-state index is 13.2. The van der Waals surface area contributed by atoms with Gasteiger partial charge in [0.05, 0.1) is 6.54 Å². The fourth-order valence-corrected chi connectivity index (χ4v) is 1.37.